The molecule has 0 spiro atoms. The normalized spacial score (nSPS) is 10.1. The minimum Gasteiger partial charge on any atom is -0.465 e. The summed E-state index contributed by atoms with van der Waals surface area (Å²) in [5.41, 5.74) is 3.51. The van der Waals surface area contributed by atoms with Gasteiger partial charge in [0.25, 0.3) is 0 Å². The SMILES string of the molecule is COC(=O)c1cc(C)ccc1NCc1cc[nH]c1. The Morgan fingerprint density at radius 1 is 1.39 bits per heavy atom. The third-order valence-electron chi connectivity index (χ3n) is 2.73. The molecular formula is C14H16N2O2. The van der Waals surface area contributed by atoms with Crippen LogP contribution in [-0.4, -0.2) is 18.1 Å². The Balaban J connectivity index is 2.18. The van der Waals surface area contributed by atoms with Crippen molar-refractivity contribution in [1.29, 1.82) is 0 Å². The molecule has 2 rings (SSSR count). The van der Waals surface area contributed by atoms with E-state index in [4.69, 9.17) is 4.74 Å². The van der Waals surface area contributed by atoms with Crippen molar-refractivity contribution in [3.05, 3.63) is 53.3 Å². The van der Waals surface area contributed by atoms with Crippen LogP contribution in [0, 0.1) is 6.92 Å². The molecule has 0 saturated heterocycles. The van der Waals surface area contributed by atoms with Crippen LogP contribution >= 0.6 is 0 Å². The number of rotatable bonds is 4. The van der Waals surface area contributed by atoms with Gasteiger partial charge in [-0.2, -0.15) is 0 Å². The molecular weight excluding hydrogens is 228 g/mol. The number of aryl methyl sites for hydroxylation is 1. The third kappa shape index (κ3) is 2.71. The molecule has 18 heavy (non-hydrogen) atoms. The zero-order valence-electron chi connectivity index (χ0n) is 10.5. The zero-order chi connectivity index (χ0) is 13.0. The van der Waals surface area contributed by atoms with Crippen molar-refractivity contribution < 1.29 is 9.53 Å². The number of methoxy groups -OCH3 is 1. The van der Waals surface area contributed by atoms with Gasteiger partial charge in [0.1, 0.15) is 0 Å². The van der Waals surface area contributed by atoms with Gasteiger partial charge in [-0.1, -0.05) is 11.6 Å². The summed E-state index contributed by atoms with van der Waals surface area (Å²) in [5.74, 6) is -0.324. The largest absolute Gasteiger partial charge is 0.465 e. The molecule has 1 aromatic heterocycles. The van der Waals surface area contributed by atoms with Crippen LogP contribution in [0.3, 0.4) is 0 Å². The number of ether oxygens (including phenoxy) is 1. The minimum atomic E-state index is -0.324. The second-order valence-corrected chi connectivity index (χ2v) is 4.11. The highest BCUT2D eigenvalue weighted by Gasteiger charge is 2.11. The third-order valence-corrected chi connectivity index (χ3v) is 2.73. The summed E-state index contributed by atoms with van der Waals surface area (Å²) in [5, 5.41) is 3.24. The monoisotopic (exact) mass is 244 g/mol. The van der Waals surface area contributed by atoms with Crippen LogP contribution in [0.15, 0.2) is 36.7 Å². The molecule has 0 aliphatic rings. The van der Waals surface area contributed by atoms with E-state index in [2.05, 4.69) is 10.3 Å². The van der Waals surface area contributed by atoms with Crippen LogP contribution in [0.4, 0.5) is 5.69 Å². The molecule has 0 aliphatic heterocycles. The van der Waals surface area contributed by atoms with E-state index in [1.807, 2.05) is 43.6 Å². The van der Waals surface area contributed by atoms with E-state index in [1.54, 1.807) is 0 Å². The van der Waals surface area contributed by atoms with E-state index in [-0.39, 0.29) is 5.97 Å². The molecule has 4 nitrogen and oxygen atoms in total. The van der Waals surface area contributed by atoms with Gasteiger partial charge in [0.2, 0.25) is 0 Å². The Morgan fingerprint density at radius 2 is 2.22 bits per heavy atom. The van der Waals surface area contributed by atoms with Gasteiger partial charge in [-0.05, 0) is 30.7 Å². The maximum atomic E-state index is 11.7. The van der Waals surface area contributed by atoms with Gasteiger partial charge >= 0.3 is 5.97 Å². The van der Waals surface area contributed by atoms with Gasteiger partial charge < -0.3 is 15.0 Å². The summed E-state index contributed by atoms with van der Waals surface area (Å²) < 4.78 is 4.78. The fourth-order valence-corrected chi connectivity index (χ4v) is 1.76. The van der Waals surface area contributed by atoms with Gasteiger partial charge in [-0.15, -0.1) is 0 Å². The number of aromatic amines is 1. The van der Waals surface area contributed by atoms with Crippen molar-refractivity contribution >= 4 is 11.7 Å². The lowest BCUT2D eigenvalue weighted by Crippen LogP contribution is -2.08. The molecule has 4 heteroatoms. The van der Waals surface area contributed by atoms with Crippen molar-refractivity contribution in [3.8, 4) is 0 Å². The number of nitrogens with one attached hydrogen (secondary N) is 2. The molecule has 0 bridgehead atoms. The van der Waals surface area contributed by atoms with Crippen molar-refractivity contribution in [3.63, 3.8) is 0 Å². The van der Waals surface area contributed by atoms with Crippen molar-refractivity contribution in [2.24, 2.45) is 0 Å². The quantitative estimate of drug-likeness (QED) is 0.813. The van der Waals surface area contributed by atoms with Crippen LogP contribution < -0.4 is 5.32 Å². The molecule has 94 valence electrons. The average Bonchev–Trinajstić information content (AvgIpc) is 2.89. The summed E-state index contributed by atoms with van der Waals surface area (Å²) in [6.45, 7) is 2.61. The molecule has 0 fully saturated rings. The second-order valence-electron chi connectivity index (χ2n) is 4.11. The molecule has 0 aliphatic carbocycles. The summed E-state index contributed by atoms with van der Waals surface area (Å²) in [6, 6.07) is 7.67. The number of aromatic nitrogens is 1. The number of hydrogen-bond acceptors (Lipinski definition) is 3. The Labute approximate surface area is 106 Å². The fraction of sp³-hybridized carbons (Fsp3) is 0.214. The predicted octanol–water partition coefficient (Wildman–Crippen LogP) is 2.72. The Kier molecular flexibility index (Phi) is 3.67. The molecule has 0 saturated carbocycles. The molecule has 1 heterocycles. The van der Waals surface area contributed by atoms with E-state index in [0.29, 0.717) is 12.1 Å². The molecule has 0 amide bonds. The van der Waals surface area contributed by atoms with Crippen LogP contribution in [0.2, 0.25) is 0 Å². The van der Waals surface area contributed by atoms with Crippen LogP contribution in [-0.2, 0) is 11.3 Å². The van der Waals surface area contributed by atoms with Crippen molar-refractivity contribution in [2.45, 2.75) is 13.5 Å². The van der Waals surface area contributed by atoms with Gasteiger partial charge in [0.05, 0.1) is 12.7 Å². The van der Waals surface area contributed by atoms with Gasteiger partial charge in [-0.3, -0.25) is 0 Å². The topological polar surface area (TPSA) is 54.1 Å². The first-order valence-corrected chi connectivity index (χ1v) is 5.75. The van der Waals surface area contributed by atoms with Crippen LogP contribution in [0.25, 0.3) is 0 Å². The van der Waals surface area contributed by atoms with E-state index in [9.17, 15) is 4.79 Å². The summed E-state index contributed by atoms with van der Waals surface area (Å²) >= 11 is 0. The summed E-state index contributed by atoms with van der Waals surface area (Å²) in [7, 11) is 1.39. The Morgan fingerprint density at radius 3 is 2.89 bits per heavy atom. The number of carbonyl (C=O) groups is 1. The smallest absolute Gasteiger partial charge is 0.339 e. The highest BCUT2D eigenvalue weighted by Crippen LogP contribution is 2.19. The maximum absolute atomic E-state index is 11.7. The van der Waals surface area contributed by atoms with Crippen LogP contribution in [0.5, 0.6) is 0 Å². The molecule has 2 N–H and O–H groups in total. The first-order valence-electron chi connectivity index (χ1n) is 5.75. The van der Waals surface area contributed by atoms with Gasteiger partial charge in [0.15, 0.2) is 0 Å². The minimum absolute atomic E-state index is 0.324. The van der Waals surface area contributed by atoms with Crippen molar-refractivity contribution in [2.75, 3.05) is 12.4 Å². The highest BCUT2D eigenvalue weighted by molar-refractivity contribution is 5.95. The number of hydrogen-bond donors (Lipinski definition) is 2. The Bertz CT molecular complexity index is 533. The molecule has 2 aromatic rings. The second kappa shape index (κ2) is 5.40. The summed E-state index contributed by atoms with van der Waals surface area (Å²) in [4.78, 5) is 14.7. The number of carbonyl (C=O) groups excluding carboxylic acids is 1. The first kappa shape index (κ1) is 12.2. The predicted molar refractivity (Wildman–Crippen MR) is 70.6 cm³/mol. The molecule has 0 radical (unpaired) electrons. The Hall–Kier alpha value is -2.23. The lowest BCUT2D eigenvalue weighted by molar-refractivity contribution is 0.0601. The standard InChI is InChI=1S/C14H16N2O2/c1-10-3-4-13(12(7-10)14(17)18-2)16-9-11-5-6-15-8-11/h3-8,15-16H,9H2,1-2H3. The number of H-pyrrole nitrogens is 1. The first-order chi connectivity index (χ1) is 8.70. The lowest BCUT2D eigenvalue weighted by atomic mass is 10.1. The molecule has 1 aromatic carbocycles. The number of anilines is 1. The number of benzene rings is 1. The maximum Gasteiger partial charge on any atom is 0.339 e. The highest BCUT2D eigenvalue weighted by atomic mass is 16.5. The molecule has 0 atom stereocenters. The molecule has 0 unspecified atom stereocenters. The van der Waals surface area contributed by atoms with E-state index in [1.165, 1.54) is 7.11 Å². The van der Waals surface area contributed by atoms with Gasteiger partial charge in [0, 0.05) is 24.6 Å². The van der Waals surface area contributed by atoms with Crippen molar-refractivity contribution in [1.82, 2.24) is 4.98 Å². The van der Waals surface area contributed by atoms with E-state index >= 15 is 0 Å². The van der Waals surface area contributed by atoms with Crippen LogP contribution in [0.1, 0.15) is 21.5 Å². The lowest BCUT2D eigenvalue weighted by Gasteiger charge is -2.11. The fourth-order valence-electron chi connectivity index (χ4n) is 1.76. The average molecular weight is 244 g/mol. The zero-order valence-corrected chi connectivity index (χ0v) is 10.5. The van der Waals surface area contributed by atoms with E-state index < -0.39 is 0 Å². The van der Waals surface area contributed by atoms with E-state index in [0.717, 1.165) is 16.8 Å². The van der Waals surface area contributed by atoms with Gasteiger partial charge in [-0.25, -0.2) is 4.79 Å². The number of esters is 1. The summed E-state index contributed by atoms with van der Waals surface area (Å²) in [6.07, 6.45) is 3.78.